The van der Waals surface area contributed by atoms with Crippen molar-refractivity contribution in [2.24, 2.45) is 0 Å². The van der Waals surface area contributed by atoms with Crippen molar-refractivity contribution in [2.75, 3.05) is 0 Å². The van der Waals surface area contributed by atoms with Crippen LogP contribution in [-0.4, -0.2) is 28.8 Å². The molecule has 0 spiro atoms. The van der Waals surface area contributed by atoms with E-state index in [-0.39, 0.29) is 30.8 Å². The molecule has 0 fully saturated rings. The number of nitrogens with one attached hydrogen (secondary N) is 1. The number of rotatable bonds is 8. The van der Waals surface area contributed by atoms with E-state index in [0.29, 0.717) is 16.5 Å². The van der Waals surface area contributed by atoms with E-state index in [1.807, 2.05) is 51.1 Å². The van der Waals surface area contributed by atoms with Gasteiger partial charge < -0.3 is 10.2 Å². The van der Waals surface area contributed by atoms with Crippen LogP contribution in [0.15, 0.2) is 48.5 Å². The van der Waals surface area contributed by atoms with Crippen LogP contribution in [0, 0.1) is 0 Å². The Morgan fingerprint density at radius 3 is 2.25 bits per heavy atom. The van der Waals surface area contributed by atoms with Gasteiger partial charge in [-0.2, -0.15) is 0 Å². The van der Waals surface area contributed by atoms with Gasteiger partial charge in [-0.25, -0.2) is 0 Å². The van der Waals surface area contributed by atoms with Crippen LogP contribution < -0.4 is 5.32 Å². The highest BCUT2D eigenvalue weighted by atomic mass is 35.5. The minimum absolute atomic E-state index is 0.00456. The smallest absolute Gasteiger partial charge is 0.243 e. The summed E-state index contributed by atoms with van der Waals surface area (Å²) in [5.74, 6) is -0.290. The summed E-state index contributed by atoms with van der Waals surface area (Å²) >= 11 is 12.2. The van der Waals surface area contributed by atoms with Gasteiger partial charge in [-0.05, 0) is 49.6 Å². The van der Waals surface area contributed by atoms with Gasteiger partial charge in [-0.15, -0.1) is 0 Å². The van der Waals surface area contributed by atoms with Gasteiger partial charge in [0.25, 0.3) is 0 Å². The Labute approximate surface area is 176 Å². The first-order chi connectivity index (χ1) is 13.3. The summed E-state index contributed by atoms with van der Waals surface area (Å²) < 4.78 is 0. The number of halogens is 2. The molecule has 0 bridgehead atoms. The topological polar surface area (TPSA) is 49.4 Å². The molecule has 0 aliphatic heterocycles. The summed E-state index contributed by atoms with van der Waals surface area (Å²) in [5.41, 5.74) is 1.65. The predicted molar refractivity (Wildman–Crippen MR) is 115 cm³/mol. The maximum atomic E-state index is 13.2. The molecular formula is C22H26Cl2N2O2. The Balaban J connectivity index is 2.30. The van der Waals surface area contributed by atoms with Crippen molar-refractivity contribution in [3.8, 4) is 0 Å². The number of hydrogen-bond acceptors (Lipinski definition) is 2. The van der Waals surface area contributed by atoms with Crippen molar-refractivity contribution >= 4 is 35.0 Å². The first kappa shape index (κ1) is 22.3. The van der Waals surface area contributed by atoms with Crippen LogP contribution >= 0.6 is 23.2 Å². The molecule has 150 valence electrons. The first-order valence-electron chi connectivity index (χ1n) is 9.39. The van der Waals surface area contributed by atoms with Gasteiger partial charge in [0.2, 0.25) is 11.8 Å². The third-order valence-corrected chi connectivity index (χ3v) is 5.00. The minimum Gasteiger partial charge on any atom is -0.352 e. The van der Waals surface area contributed by atoms with Crippen molar-refractivity contribution in [1.29, 1.82) is 0 Å². The number of carbonyl (C=O) groups excluding carboxylic acids is 2. The van der Waals surface area contributed by atoms with E-state index in [4.69, 9.17) is 23.2 Å². The second kappa shape index (κ2) is 10.5. The van der Waals surface area contributed by atoms with Crippen LogP contribution in [-0.2, 0) is 22.6 Å². The van der Waals surface area contributed by atoms with E-state index in [9.17, 15) is 9.59 Å². The summed E-state index contributed by atoms with van der Waals surface area (Å²) in [6, 6.07) is 14.0. The molecule has 0 saturated carbocycles. The fourth-order valence-corrected chi connectivity index (χ4v) is 3.31. The third kappa shape index (κ3) is 6.25. The van der Waals surface area contributed by atoms with Crippen LogP contribution in [0.4, 0.5) is 0 Å². The molecule has 2 aromatic carbocycles. The van der Waals surface area contributed by atoms with Gasteiger partial charge in [-0.3, -0.25) is 9.59 Å². The zero-order valence-electron chi connectivity index (χ0n) is 16.4. The molecule has 0 aromatic heterocycles. The number of amides is 2. The highest BCUT2D eigenvalue weighted by Crippen LogP contribution is 2.21. The van der Waals surface area contributed by atoms with Crippen LogP contribution in [0.3, 0.4) is 0 Å². The van der Waals surface area contributed by atoms with Crippen LogP contribution in [0.1, 0.15) is 38.3 Å². The number of benzene rings is 2. The predicted octanol–water partition coefficient (Wildman–Crippen LogP) is 4.87. The summed E-state index contributed by atoms with van der Waals surface area (Å²) in [6.07, 6.45) is 0.697. The van der Waals surface area contributed by atoms with Crippen molar-refractivity contribution in [1.82, 2.24) is 10.2 Å². The zero-order valence-corrected chi connectivity index (χ0v) is 17.9. The molecular weight excluding hydrogens is 395 g/mol. The van der Waals surface area contributed by atoms with Crippen molar-refractivity contribution in [2.45, 2.75) is 52.2 Å². The molecule has 0 heterocycles. The Bertz CT molecular complexity index is 806. The lowest BCUT2D eigenvalue weighted by molar-refractivity contribution is -0.141. The van der Waals surface area contributed by atoms with E-state index in [0.717, 1.165) is 11.1 Å². The van der Waals surface area contributed by atoms with Crippen LogP contribution in [0.25, 0.3) is 0 Å². The fraction of sp³-hybridized carbons (Fsp3) is 0.364. The molecule has 28 heavy (non-hydrogen) atoms. The Morgan fingerprint density at radius 1 is 1.04 bits per heavy atom. The Kier molecular flexibility index (Phi) is 8.34. The van der Waals surface area contributed by atoms with Gasteiger partial charge in [0, 0.05) is 22.6 Å². The average molecular weight is 421 g/mol. The van der Waals surface area contributed by atoms with Crippen LogP contribution in [0.2, 0.25) is 10.0 Å². The summed E-state index contributed by atoms with van der Waals surface area (Å²) in [4.78, 5) is 27.5. The van der Waals surface area contributed by atoms with E-state index in [2.05, 4.69) is 5.32 Å². The van der Waals surface area contributed by atoms with E-state index in [1.54, 1.807) is 23.1 Å². The molecule has 0 unspecified atom stereocenters. The van der Waals surface area contributed by atoms with E-state index >= 15 is 0 Å². The van der Waals surface area contributed by atoms with Gasteiger partial charge in [0.05, 0.1) is 6.42 Å². The van der Waals surface area contributed by atoms with Gasteiger partial charge in [-0.1, -0.05) is 60.5 Å². The summed E-state index contributed by atoms with van der Waals surface area (Å²) in [7, 11) is 0. The molecule has 6 heteroatoms. The normalized spacial score (nSPS) is 11.9. The monoisotopic (exact) mass is 420 g/mol. The Hall–Kier alpha value is -2.04. The molecule has 0 aliphatic carbocycles. The van der Waals surface area contributed by atoms with E-state index < -0.39 is 6.04 Å². The molecule has 4 nitrogen and oxygen atoms in total. The summed E-state index contributed by atoms with van der Waals surface area (Å²) in [6.45, 7) is 5.98. The van der Waals surface area contributed by atoms with Gasteiger partial charge in [0.15, 0.2) is 0 Å². The number of carbonyl (C=O) groups is 2. The minimum atomic E-state index is -0.571. The number of nitrogens with zero attached hydrogens (tertiary/aromatic N) is 1. The average Bonchev–Trinajstić information content (AvgIpc) is 2.64. The zero-order chi connectivity index (χ0) is 20.7. The maximum Gasteiger partial charge on any atom is 0.243 e. The lowest BCUT2D eigenvalue weighted by Crippen LogP contribution is -2.50. The SMILES string of the molecule is CC[C@@H](C(=O)NC(C)C)N(Cc1ccccc1Cl)C(=O)Cc1ccc(Cl)cc1. The maximum absolute atomic E-state index is 13.2. The molecule has 2 aromatic rings. The first-order valence-corrected chi connectivity index (χ1v) is 10.1. The lowest BCUT2D eigenvalue weighted by atomic mass is 10.1. The highest BCUT2D eigenvalue weighted by Gasteiger charge is 2.29. The van der Waals surface area contributed by atoms with Crippen molar-refractivity contribution in [3.05, 3.63) is 69.7 Å². The molecule has 0 aliphatic rings. The summed E-state index contributed by atoms with van der Waals surface area (Å²) in [5, 5.41) is 4.11. The van der Waals surface area contributed by atoms with Crippen molar-refractivity contribution < 1.29 is 9.59 Å². The van der Waals surface area contributed by atoms with Crippen LogP contribution in [0.5, 0.6) is 0 Å². The lowest BCUT2D eigenvalue weighted by Gasteiger charge is -2.31. The molecule has 2 amide bonds. The quantitative estimate of drug-likeness (QED) is 0.661. The van der Waals surface area contributed by atoms with Gasteiger partial charge in [0.1, 0.15) is 6.04 Å². The second-order valence-corrected chi connectivity index (χ2v) is 7.85. The standard InChI is InChI=1S/C22H26Cl2N2O2/c1-4-20(22(28)25-15(2)3)26(14-17-7-5-6-8-19(17)24)21(27)13-16-9-11-18(23)12-10-16/h5-12,15,20H,4,13-14H2,1-3H3,(H,25,28)/t20-/m0/s1. The molecule has 2 rings (SSSR count). The molecule has 0 saturated heterocycles. The molecule has 1 atom stereocenters. The second-order valence-electron chi connectivity index (χ2n) is 7.00. The van der Waals surface area contributed by atoms with Crippen molar-refractivity contribution in [3.63, 3.8) is 0 Å². The van der Waals surface area contributed by atoms with E-state index in [1.165, 1.54) is 0 Å². The number of hydrogen-bond donors (Lipinski definition) is 1. The van der Waals surface area contributed by atoms with Gasteiger partial charge >= 0.3 is 0 Å². The molecule has 1 N–H and O–H groups in total. The molecule has 0 radical (unpaired) electrons. The Morgan fingerprint density at radius 2 is 1.68 bits per heavy atom. The fourth-order valence-electron chi connectivity index (χ4n) is 2.99. The highest BCUT2D eigenvalue weighted by molar-refractivity contribution is 6.31. The third-order valence-electron chi connectivity index (χ3n) is 4.38. The largest absolute Gasteiger partial charge is 0.352 e.